The number of amides is 2. The molecule has 0 radical (unpaired) electrons. The van der Waals surface area contributed by atoms with E-state index < -0.39 is 0 Å². The van der Waals surface area contributed by atoms with E-state index in [-0.39, 0.29) is 23.2 Å². The van der Waals surface area contributed by atoms with E-state index in [0.29, 0.717) is 30.1 Å². The summed E-state index contributed by atoms with van der Waals surface area (Å²) < 4.78 is 0. The van der Waals surface area contributed by atoms with Crippen molar-refractivity contribution in [3.05, 3.63) is 70.8 Å². The molecule has 0 aliphatic carbocycles. The molecule has 2 aromatic carbocycles. The number of urea groups is 1. The Bertz CT molecular complexity index is 966. The molecule has 0 aromatic heterocycles. The van der Waals surface area contributed by atoms with Crippen molar-refractivity contribution in [2.45, 2.75) is 59.2 Å². The molecule has 0 aliphatic heterocycles. The number of rotatable bonds is 10. The largest absolute Gasteiger partial charge is 0.384 e. The fourth-order valence-corrected chi connectivity index (χ4v) is 3.48. The second-order valence-electron chi connectivity index (χ2n) is 9.22. The summed E-state index contributed by atoms with van der Waals surface area (Å²) >= 11 is 0. The van der Waals surface area contributed by atoms with Crippen molar-refractivity contribution in [3.8, 4) is 0 Å². The molecule has 0 fully saturated rings. The summed E-state index contributed by atoms with van der Waals surface area (Å²) in [6.07, 6.45) is 1.87. The van der Waals surface area contributed by atoms with Crippen LogP contribution < -0.4 is 16.8 Å². The van der Waals surface area contributed by atoms with Crippen LogP contribution in [0, 0.1) is 16.7 Å². The van der Waals surface area contributed by atoms with E-state index in [1.165, 1.54) is 0 Å². The second-order valence-corrected chi connectivity index (χ2v) is 9.22. The molecule has 2 rings (SSSR count). The summed E-state index contributed by atoms with van der Waals surface area (Å²) in [5.41, 5.74) is 13.9. The maximum Gasteiger partial charge on any atom is 0.318 e. The van der Waals surface area contributed by atoms with Gasteiger partial charge in [0.15, 0.2) is 0 Å². The van der Waals surface area contributed by atoms with E-state index in [4.69, 9.17) is 22.3 Å². The average Bonchev–Trinajstić information content (AvgIpc) is 2.74. The number of amidine groups is 2. The van der Waals surface area contributed by atoms with Crippen LogP contribution in [-0.4, -0.2) is 28.1 Å². The fraction of sp³-hybridized carbons (Fsp3) is 0.400. The van der Waals surface area contributed by atoms with Gasteiger partial charge in [0.1, 0.15) is 11.7 Å². The first-order chi connectivity index (χ1) is 15.0. The lowest BCUT2D eigenvalue weighted by Crippen LogP contribution is -2.51. The summed E-state index contributed by atoms with van der Waals surface area (Å²) in [6.45, 7) is 9.27. The summed E-state index contributed by atoms with van der Waals surface area (Å²) in [7, 11) is 0. The van der Waals surface area contributed by atoms with Crippen molar-refractivity contribution in [1.29, 1.82) is 10.8 Å². The first kappa shape index (κ1) is 24.9. The highest BCUT2D eigenvalue weighted by Gasteiger charge is 2.31. The Balaban J connectivity index is 2.23. The van der Waals surface area contributed by atoms with E-state index >= 15 is 0 Å². The minimum atomic E-state index is -0.373. The zero-order valence-electron chi connectivity index (χ0n) is 19.5. The summed E-state index contributed by atoms with van der Waals surface area (Å²) in [5, 5.41) is 18.3. The summed E-state index contributed by atoms with van der Waals surface area (Å²) in [5.74, 6) is 0.543. The number of benzene rings is 2. The molecule has 0 bridgehead atoms. The molecule has 7 heteroatoms. The number of hydrogen-bond donors (Lipinski definition) is 5. The maximum atomic E-state index is 13.3. The third-order valence-electron chi connectivity index (χ3n) is 5.57. The van der Waals surface area contributed by atoms with Crippen LogP contribution >= 0.6 is 0 Å². The lowest BCUT2D eigenvalue weighted by molar-refractivity contribution is 0.117. The van der Waals surface area contributed by atoms with Crippen molar-refractivity contribution in [3.63, 3.8) is 0 Å². The zero-order valence-corrected chi connectivity index (χ0v) is 19.5. The van der Waals surface area contributed by atoms with Gasteiger partial charge in [-0.3, -0.25) is 10.8 Å². The number of carbonyl (C=O) groups excluding carboxylic acids is 1. The van der Waals surface area contributed by atoms with Crippen molar-refractivity contribution in [2.75, 3.05) is 0 Å². The lowest BCUT2D eigenvalue weighted by Gasteiger charge is -2.39. The van der Waals surface area contributed by atoms with E-state index in [1.807, 2.05) is 41.3 Å². The predicted molar refractivity (Wildman–Crippen MR) is 131 cm³/mol. The summed E-state index contributed by atoms with van der Waals surface area (Å²) in [6, 6.07) is 14.6. The van der Waals surface area contributed by atoms with Crippen LogP contribution in [-0.2, 0) is 13.1 Å². The number of nitrogens with zero attached hydrogens (tertiary/aromatic N) is 1. The van der Waals surface area contributed by atoms with Gasteiger partial charge in [-0.2, -0.15) is 0 Å². The Labute approximate surface area is 191 Å². The molecule has 0 atom stereocenters. The monoisotopic (exact) mass is 436 g/mol. The molecule has 0 saturated carbocycles. The van der Waals surface area contributed by atoms with Crippen LogP contribution in [0.25, 0.3) is 0 Å². The zero-order chi connectivity index (χ0) is 23.9. The number of nitrogen functional groups attached to an aromatic ring is 2. The molecule has 0 aliphatic rings. The first-order valence-electron chi connectivity index (χ1n) is 10.9. The van der Waals surface area contributed by atoms with Crippen molar-refractivity contribution in [1.82, 2.24) is 10.2 Å². The molecular formula is C25H36N6O. The molecule has 172 valence electrons. The maximum absolute atomic E-state index is 13.3. The number of hydrogen-bond acceptors (Lipinski definition) is 3. The molecule has 0 heterocycles. The van der Waals surface area contributed by atoms with Crippen LogP contribution in [0.3, 0.4) is 0 Å². The highest BCUT2D eigenvalue weighted by atomic mass is 16.2. The van der Waals surface area contributed by atoms with Crippen LogP contribution in [0.1, 0.15) is 62.8 Å². The van der Waals surface area contributed by atoms with E-state index in [1.54, 1.807) is 12.1 Å². The molecule has 0 spiro atoms. The van der Waals surface area contributed by atoms with Gasteiger partial charge < -0.3 is 21.7 Å². The highest BCUT2D eigenvalue weighted by Crippen LogP contribution is 2.26. The third kappa shape index (κ3) is 7.11. The molecular weight excluding hydrogens is 400 g/mol. The molecule has 0 unspecified atom stereocenters. The average molecular weight is 437 g/mol. The van der Waals surface area contributed by atoms with Crippen LogP contribution in [0.4, 0.5) is 4.79 Å². The van der Waals surface area contributed by atoms with E-state index in [9.17, 15) is 4.79 Å². The standard InChI is InChI=1S/C25H36N6O/c1-17(2)11-12-25(3,4)31(16-19-8-6-10-21(14-19)23(28)29)24(32)30-15-18-7-5-9-20(13-18)22(26)27/h5-10,13-14,17H,11-12,15-16H2,1-4H3,(H3,26,27)(H3,28,29)(H,30,32). The first-order valence-corrected chi connectivity index (χ1v) is 10.9. The Morgan fingerprint density at radius 1 is 1.00 bits per heavy atom. The quantitative estimate of drug-likeness (QED) is 0.283. The highest BCUT2D eigenvalue weighted by molar-refractivity contribution is 5.95. The Morgan fingerprint density at radius 2 is 1.53 bits per heavy atom. The van der Waals surface area contributed by atoms with Gasteiger partial charge in [0.25, 0.3) is 0 Å². The van der Waals surface area contributed by atoms with Crippen molar-refractivity contribution < 1.29 is 4.79 Å². The van der Waals surface area contributed by atoms with Crippen molar-refractivity contribution in [2.24, 2.45) is 17.4 Å². The molecule has 32 heavy (non-hydrogen) atoms. The van der Waals surface area contributed by atoms with Gasteiger partial charge in [-0.25, -0.2) is 4.79 Å². The fourth-order valence-electron chi connectivity index (χ4n) is 3.48. The number of nitrogens with two attached hydrogens (primary N) is 2. The van der Waals surface area contributed by atoms with Gasteiger partial charge in [-0.15, -0.1) is 0 Å². The molecule has 7 nitrogen and oxygen atoms in total. The SMILES string of the molecule is CC(C)CCC(C)(C)N(Cc1cccc(C(=N)N)c1)C(=O)NCc1cccc(C(=N)N)c1. The topological polar surface area (TPSA) is 132 Å². The molecule has 2 amide bonds. The van der Waals surface area contributed by atoms with Gasteiger partial charge in [-0.05, 0) is 55.9 Å². The number of carbonyl (C=O) groups is 1. The van der Waals surface area contributed by atoms with Gasteiger partial charge in [0, 0.05) is 29.8 Å². The Hall–Kier alpha value is -3.35. The molecule has 0 saturated heterocycles. The predicted octanol–water partition coefficient (Wildman–Crippen LogP) is 4.18. The Morgan fingerprint density at radius 3 is 2.06 bits per heavy atom. The van der Waals surface area contributed by atoms with Gasteiger partial charge >= 0.3 is 6.03 Å². The van der Waals surface area contributed by atoms with E-state index in [2.05, 4.69) is 33.0 Å². The van der Waals surface area contributed by atoms with Crippen molar-refractivity contribution >= 4 is 17.7 Å². The normalized spacial score (nSPS) is 11.3. The Kier molecular flexibility index (Phi) is 8.41. The second kappa shape index (κ2) is 10.8. The minimum Gasteiger partial charge on any atom is -0.384 e. The van der Waals surface area contributed by atoms with Gasteiger partial charge in [0.05, 0.1) is 0 Å². The summed E-state index contributed by atoms with van der Waals surface area (Å²) in [4.78, 5) is 15.2. The van der Waals surface area contributed by atoms with Gasteiger partial charge in [0.2, 0.25) is 0 Å². The van der Waals surface area contributed by atoms with E-state index in [0.717, 1.165) is 24.0 Å². The lowest BCUT2D eigenvalue weighted by atomic mass is 9.91. The molecule has 7 N–H and O–H groups in total. The smallest absolute Gasteiger partial charge is 0.318 e. The van der Waals surface area contributed by atoms with Gasteiger partial charge in [-0.1, -0.05) is 50.2 Å². The van der Waals surface area contributed by atoms with Crippen LogP contribution in [0.5, 0.6) is 0 Å². The number of nitrogens with one attached hydrogen (secondary N) is 3. The van der Waals surface area contributed by atoms with Crippen LogP contribution in [0.2, 0.25) is 0 Å². The minimum absolute atomic E-state index is 0.0000232. The van der Waals surface area contributed by atoms with Crippen LogP contribution in [0.15, 0.2) is 48.5 Å². The third-order valence-corrected chi connectivity index (χ3v) is 5.57. The molecule has 2 aromatic rings.